The number of methoxy groups -OCH3 is 1. The Balaban J connectivity index is 2.32. The second-order valence-electron chi connectivity index (χ2n) is 5.39. The Morgan fingerprint density at radius 1 is 1.35 bits per heavy atom. The second-order valence-corrected chi connectivity index (χ2v) is 5.39. The summed E-state index contributed by atoms with van der Waals surface area (Å²) in [5, 5.41) is 0. The Morgan fingerprint density at radius 3 is 2.55 bits per heavy atom. The number of amides is 1. The monoisotopic (exact) mass is 278 g/mol. The first-order chi connectivity index (χ1) is 9.43. The zero-order chi connectivity index (χ0) is 14.9. The van der Waals surface area contributed by atoms with Crippen LogP contribution in [0.4, 0.5) is 0 Å². The second kappa shape index (κ2) is 5.71. The van der Waals surface area contributed by atoms with Gasteiger partial charge in [-0.05, 0) is 31.5 Å². The van der Waals surface area contributed by atoms with Gasteiger partial charge in [0.1, 0.15) is 0 Å². The molecule has 0 aliphatic carbocycles. The number of hydrogen-bond acceptors (Lipinski definition) is 4. The first-order valence-electron chi connectivity index (χ1n) is 6.80. The normalized spacial score (nSPS) is 22.5. The van der Waals surface area contributed by atoms with Gasteiger partial charge in [-0.3, -0.25) is 4.79 Å². The zero-order valence-corrected chi connectivity index (χ0v) is 12.4. The van der Waals surface area contributed by atoms with Crippen molar-refractivity contribution in [3.63, 3.8) is 0 Å². The van der Waals surface area contributed by atoms with Gasteiger partial charge in [0.05, 0.1) is 19.3 Å². The van der Waals surface area contributed by atoms with E-state index in [-0.39, 0.29) is 24.1 Å². The molecule has 2 N–H and O–H groups in total. The van der Waals surface area contributed by atoms with Gasteiger partial charge >= 0.3 is 0 Å². The fourth-order valence-electron chi connectivity index (χ4n) is 2.59. The fourth-order valence-corrected chi connectivity index (χ4v) is 2.59. The summed E-state index contributed by atoms with van der Waals surface area (Å²) < 4.78 is 11.1. The highest BCUT2D eigenvalue weighted by atomic mass is 16.5. The Morgan fingerprint density at radius 2 is 2.05 bits per heavy atom. The van der Waals surface area contributed by atoms with Crippen molar-refractivity contribution < 1.29 is 14.3 Å². The predicted octanol–water partition coefficient (Wildman–Crippen LogP) is 1.71. The Bertz CT molecular complexity index is 502. The van der Waals surface area contributed by atoms with E-state index in [1.165, 1.54) is 0 Å². The number of likely N-dealkylation sites (tertiary alicyclic amines) is 1. The van der Waals surface area contributed by atoms with Gasteiger partial charge in [-0.2, -0.15) is 0 Å². The molecule has 0 saturated carbocycles. The average Bonchev–Trinajstić information content (AvgIpc) is 2.63. The van der Waals surface area contributed by atoms with Crippen LogP contribution in [0.15, 0.2) is 18.2 Å². The highest BCUT2D eigenvalue weighted by molar-refractivity contribution is 5.80. The average molecular weight is 278 g/mol. The summed E-state index contributed by atoms with van der Waals surface area (Å²) in [4.78, 5) is 13.4. The van der Waals surface area contributed by atoms with Gasteiger partial charge in [0.25, 0.3) is 0 Å². The van der Waals surface area contributed by atoms with E-state index in [1.54, 1.807) is 19.1 Å². The van der Waals surface area contributed by atoms with Gasteiger partial charge in [-0.15, -0.1) is 0 Å². The molecule has 1 fully saturated rings. The van der Waals surface area contributed by atoms with Crippen LogP contribution in [0.3, 0.4) is 0 Å². The topological polar surface area (TPSA) is 64.8 Å². The summed E-state index contributed by atoms with van der Waals surface area (Å²) in [6.07, 6.45) is 0.459. The minimum atomic E-state index is -0.186. The molecular weight excluding hydrogens is 256 g/mol. The standard InChI is InChI=1S/C15H22N2O3/c1-9(2)20-12-6-5-10(7-13(12)19-4)15-11(16)8-14(18)17(15)3/h5-7,9,11,15H,8,16H2,1-4H3. The van der Waals surface area contributed by atoms with Crippen LogP contribution in [0, 0.1) is 0 Å². The van der Waals surface area contributed by atoms with Gasteiger partial charge in [-0.1, -0.05) is 6.07 Å². The Labute approximate surface area is 119 Å². The van der Waals surface area contributed by atoms with E-state index in [2.05, 4.69) is 0 Å². The van der Waals surface area contributed by atoms with Crippen molar-refractivity contribution in [2.75, 3.05) is 14.2 Å². The van der Waals surface area contributed by atoms with Crippen molar-refractivity contribution in [3.05, 3.63) is 23.8 Å². The highest BCUT2D eigenvalue weighted by Crippen LogP contribution is 2.36. The smallest absolute Gasteiger partial charge is 0.224 e. The minimum Gasteiger partial charge on any atom is -0.493 e. The third-order valence-corrected chi connectivity index (χ3v) is 3.52. The molecule has 2 rings (SSSR count). The summed E-state index contributed by atoms with van der Waals surface area (Å²) in [6.45, 7) is 3.93. The van der Waals surface area contributed by atoms with E-state index in [9.17, 15) is 4.79 Å². The quantitative estimate of drug-likeness (QED) is 0.910. The summed E-state index contributed by atoms with van der Waals surface area (Å²) in [7, 11) is 3.39. The van der Waals surface area contributed by atoms with E-state index < -0.39 is 0 Å². The van der Waals surface area contributed by atoms with Crippen LogP contribution in [0.2, 0.25) is 0 Å². The molecule has 20 heavy (non-hydrogen) atoms. The zero-order valence-electron chi connectivity index (χ0n) is 12.4. The fraction of sp³-hybridized carbons (Fsp3) is 0.533. The minimum absolute atomic E-state index is 0.0731. The lowest BCUT2D eigenvalue weighted by Crippen LogP contribution is -2.30. The molecular formula is C15H22N2O3. The van der Waals surface area contributed by atoms with Crippen molar-refractivity contribution in [2.24, 2.45) is 5.73 Å². The number of rotatable bonds is 4. The maximum absolute atomic E-state index is 11.7. The van der Waals surface area contributed by atoms with Gasteiger partial charge in [0, 0.05) is 19.5 Å². The van der Waals surface area contributed by atoms with Crippen molar-refractivity contribution in [1.29, 1.82) is 0 Å². The Hall–Kier alpha value is -1.75. The SMILES string of the molecule is COc1cc(C2C(N)CC(=O)N2C)ccc1OC(C)C. The molecule has 1 aromatic carbocycles. The number of carbonyl (C=O) groups is 1. The van der Waals surface area contributed by atoms with Gasteiger partial charge < -0.3 is 20.1 Å². The number of nitrogens with zero attached hydrogens (tertiary/aromatic N) is 1. The lowest BCUT2D eigenvalue weighted by atomic mass is 10.0. The molecule has 1 aromatic rings. The first-order valence-corrected chi connectivity index (χ1v) is 6.80. The molecule has 2 atom stereocenters. The van der Waals surface area contributed by atoms with Crippen LogP contribution in [0.1, 0.15) is 31.9 Å². The molecule has 5 heteroatoms. The molecule has 1 aliphatic heterocycles. The van der Waals surface area contributed by atoms with E-state index in [4.69, 9.17) is 15.2 Å². The van der Waals surface area contributed by atoms with E-state index >= 15 is 0 Å². The Kier molecular flexibility index (Phi) is 4.18. The molecule has 1 saturated heterocycles. The van der Waals surface area contributed by atoms with E-state index in [0.29, 0.717) is 17.9 Å². The van der Waals surface area contributed by atoms with Crippen molar-refractivity contribution in [1.82, 2.24) is 4.90 Å². The molecule has 5 nitrogen and oxygen atoms in total. The van der Waals surface area contributed by atoms with E-state index in [1.807, 2.05) is 32.0 Å². The van der Waals surface area contributed by atoms with Crippen molar-refractivity contribution in [3.8, 4) is 11.5 Å². The third kappa shape index (κ3) is 2.72. The molecule has 1 heterocycles. The van der Waals surface area contributed by atoms with Crippen LogP contribution in [0.25, 0.3) is 0 Å². The van der Waals surface area contributed by atoms with Crippen molar-refractivity contribution in [2.45, 2.75) is 38.5 Å². The molecule has 110 valence electrons. The van der Waals surface area contributed by atoms with Crippen LogP contribution >= 0.6 is 0 Å². The van der Waals surface area contributed by atoms with Crippen LogP contribution in [-0.4, -0.2) is 37.1 Å². The maximum atomic E-state index is 11.7. The number of benzene rings is 1. The lowest BCUT2D eigenvalue weighted by Gasteiger charge is -2.24. The highest BCUT2D eigenvalue weighted by Gasteiger charge is 2.36. The molecule has 1 aliphatic rings. The number of nitrogens with two attached hydrogens (primary N) is 1. The van der Waals surface area contributed by atoms with Gasteiger partial charge in [-0.25, -0.2) is 0 Å². The predicted molar refractivity (Wildman–Crippen MR) is 76.9 cm³/mol. The first kappa shape index (κ1) is 14.7. The van der Waals surface area contributed by atoms with Gasteiger partial charge in [0.15, 0.2) is 11.5 Å². The summed E-state index contributed by atoms with van der Waals surface area (Å²) >= 11 is 0. The van der Waals surface area contributed by atoms with Crippen molar-refractivity contribution >= 4 is 5.91 Å². The van der Waals surface area contributed by atoms with Crippen LogP contribution in [0.5, 0.6) is 11.5 Å². The largest absolute Gasteiger partial charge is 0.493 e. The maximum Gasteiger partial charge on any atom is 0.224 e. The third-order valence-electron chi connectivity index (χ3n) is 3.52. The molecule has 0 radical (unpaired) electrons. The molecule has 1 amide bonds. The molecule has 0 spiro atoms. The number of hydrogen-bond donors (Lipinski definition) is 1. The number of ether oxygens (including phenoxy) is 2. The van der Waals surface area contributed by atoms with Gasteiger partial charge in [0.2, 0.25) is 5.91 Å². The van der Waals surface area contributed by atoms with Crippen LogP contribution in [-0.2, 0) is 4.79 Å². The van der Waals surface area contributed by atoms with Crippen LogP contribution < -0.4 is 15.2 Å². The molecule has 0 bridgehead atoms. The molecule has 2 unspecified atom stereocenters. The number of carbonyl (C=O) groups excluding carboxylic acids is 1. The molecule has 0 aromatic heterocycles. The lowest BCUT2D eigenvalue weighted by molar-refractivity contribution is -0.127. The summed E-state index contributed by atoms with van der Waals surface area (Å²) in [5.41, 5.74) is 7.04. The van der Waals surface area contributed by atoms with E-state index in [0.717, 1.165) is 5.56 Å². The number of likely N-dealkylation sites (N-methyl/N-ethyl adjacent to an activating group) is 1. The summed E-state index contributed by atoms with van der Waals surface area (Å²) in [6, 6.07) is 5.42. The summed E-state index contributed by atoms with van der Waals surface area (Å²) in [5.74, 6) is 1.44.